The number of tetrazole rings is 1. The Morgan fingerprint density at radius 2 is 1.19 bits per heavy atom. The topological polar surface area (TPSA) is 92.0 Å². The molecule has 0 aliphatic heterocycles. The van der Waals surface area contributed by atoms with Crippen LogP contribution in [0.15, 0.2) is 176 Å². The molecule has 0 unspecified atom stereocenters. The number of benzene rings is 6. The van der Waals surface area contributed by atoms with Crippen LogP contribution in [0, 0.1) is 6.92 Å². The smallest absolute Gasteiger partial charge is 0.343 e. The lowest BCUT2D eigenvalue weighted by molar-refractivity contribution is 0.0593. The van der Waals surface area contributed by atoms with Gasteiger partial charge in [-0.25, -0.2) is 4.79 Å². The van der Waals surface area contributed by atoms with Crippen LogP contribution in [0.1, 0.15) is 49.6 Å². The maximum Gasteiger partial charge on any atom is 0.343 e. The Bertz CT molecular complexity index is 2480. The predicted octanol–water partition coefficient (Wildman–Crippen LogP) is 9.70. The van der Waals surface area contributed by atoms with Crippen molar-refractivity contribution in [3.05, 3.63) is 221 Å². The number of hydrogen-bond acceptors (Lipinski definition) is 7. The van der Waals surface area contributed by atoms with Crippen molar-refractivity contribution in [2.24, 2.45) is 0 Å². The summed E-state index contributed by atoms with van der Waals surface area (Å²) in [5.74, 6) is 0.398. The van der Waals surface area contributed by atoms with E-state index in [-0.39, 0.29) is 6.61 Å². The van der Waals surface area contributed by atoms with E-state index in [4.69, 9.17) is 29.9 Å². The number of nitrogens with zero attached hydrogens (tertiary/aromatic N) is 5. The van der Waals surface area contributed by atoms with Gasteiger partial charge in [0.25, 0.3) is 0 Å². The van der Waals surface area contributed by atoms with E-state index in [1.54, 1.807) is 10.9 Å². The number of ether oxygens (including phenoxy) is 2. The molecular formula is C49H41N5O3. The fourth-order valence-corrected chi connectivity index (χ4v) is 7.47. The van der Waals surface area contributed by atoms with Crippen LogP contribution < -0.4 is 4.74 Å². The van der Waals surface area contributed by atoms with Crippen LogP contribution in [0.4, 0.5) is 0 Å². The number of esters is 1. The lowest BCUT2D eigenvalue weighted by Crippen LogP contribution is -2.39. The van der Waals surface area contributed by atoms with Gasteiger partial charge in [-0.1, -0.05) is 164 Å². The number of methoxy groups -OCH3 is 1. The molecule has 8 rings (SSSR count). The summed E-state index contributed by atoms with van der Waals surface area (Å²) in [7, 11) is 1.38. The molecular weight excluding hydrogens is 707 g/mol. The number of aromatic nitrogens is 5. The molecule has 8 aromatic rings. The number of carbonyl (C=O) groups is 1. The van der Waals surface area contributed by atoms with Crippen LogP contribution in [-0.2, 0) is 29.7 Å². The second-order valence-corrected chi connectivity index (χ2v) is 13.8. The van der Waals surface area contributed by atoms with Gasteiger partial charge >= 0.3 is 5.97 Å². The quantitative estimate of drug-likeness (QED) is 0.0857. The van der Waals surface area contributed by atoms with Gasteiger partial charge in [-0.3, -0.25) is 4.98 Å². The molecule has 8 nitrogen and oxygen atoms in total. The Hall–Kier alpha value is -7.19. The fourth-order valence-electron chi connectivity index (χ4n) is 7.47. The molecule has 0 amide bonds. The van der Waals surface area contributed by atoms with Crippen molar-refractivity contribution < 1.29 is 14.3 Å². The van der Waals surface area contributed by atoms with E-state index in [1.807, 2.05) is 110 Å². The van der Waals surface area contributed by atoms with Crippen molar-refractivity contribution in [3.63, 3.8) is 0 Å². The minimum atomic E-state index is -0.926. The summed E-state index contributed by atoms with van der Waals surface area (Å²) >= 11 is 0. The van der Waals surface area contributed by atoms with Gasteiger partial charge < -0.3 is 9.47 Å². The molecule has 0 spiro atoms. The van der Waals surface area contributed by atoms with Gasteiger partial charge in [0.1, 0.15) is 17.9 Å². The monoisotopic (exact) mass is 747 g/mol. The second kappa shape index (κ2) is 16.7. The molecule has 8 heteroatoms. The van der Waals surface area contributed by atoms with Gasteiger partial charge in [-0.15, -0.1) is 15.0 Å². The first-order chi connectivity index (χ1) is 28.0. The van der Waals surface area contributed by atoms with Crippen molar-refractivity contribution in [3.8, 4) is 28.3 Å². The zero-order valence-corrected chi connectivity index (χ0v) is 31.8. The zero-order valence-electron chi connectivity index (χ0n) is 31.8. The summed E-state index contributed by atoms with van der Waals surface area (Å²) < 4.78 is 11.7. The second-order valence-electron chi connectivity index (χ2n) is 13.8. The molecule has 0 N–H and O–H groups in total. The fraction of sp³-hybridized carbons (Fsp3) is 0.122. The van der Waals surface area contributed by atoms with E-state index in [0.717, 1.165) is 56.6 Å². The highest BCUT2D eigenvalue weighted by Crippen LogP contribution is 2.40. The Labute approximate surface area is 332 Å². The molecule has 2 heterocycles. The highest BCUT2D eigenvalue weighted by molar-refractivity contribution is 5.93. The Kier molecular flexibility index (Phi) is 10.8. The molecule has 0 saturated carbocycles. The molecule has 0 aliphatic rings. The number of hydrogen-bond donors (Lipinski definition) is 0. The molecule has 57 heavy (non-hydrogen) atoms. The molecule has 0 radical (unpaired) electrons. The summed E-state index contributed by atoms with van der Waals surface area (Å²) in [6.45, 7) is 2.08. The third kappa shape index (κ3) is 7.58. The summed E-state index contributed by atoms with van der Waals surface area (Å²) in [4.78, 5) is 19.7. The molecule has 0 atom stereocenters. The Morgan fingerprint density at radius 3 is 1.77 bits per heavy atom. The van der Waals surface area contributed by atoms with Gasteiger partial charge in [-0.05, 0) is 70.0 Å². The van der Waals surface area contributed by atoms with Crippen molar-refractivity contribution in [2.75, 3.05) is 7.11 Å². The standard InChI is InChI=1S/C49H41N5O3/c1-35-32-45(46(48(55)56-2)44(50-35)31-29-36-18-8-3-9-19-36)57-34-37-28-30-42(38-20-10-4-11-21-38)43(33-37)47-51-53-54(52-47)49(39-22-12-5-13-23-39,40-24-14-6-15-25-40)41-26-16-7-17-27-41/h3-28,30,32-33H,29,31,34H2,1-2H3. The molecule has 0 aliphatic carbocycles. The van der Waals surface area contributed by atoms with Crippen LogP contribution in [0.5, 0.6) is 5.75 Å². The van der Waals surface area contributed by atoms with Crippen molar-refractivity contribution in [2.45, 2.75) is 31.9 Å². The molecule has 6 aromatic carbocycles. The van der Waals surface area contributed by atoms with E-state index in [0.29, 0.717) is 29.3 Å². The highest BCUT2D eigenvalue weighted by Gasteiger charge is 2.41. The maximum atomic E-state index is 13.3. The molecule has 0 fully saturated rings. The molecule has 0 bridgehead atoms. The summed E-state index contributed by atoms with van der Waals surface area (Å²) in [5, 5.41) is 14.8. The van der Waals surface area contributed by atoms with E-state index in [2.05, 4.69) is 66.7 Å². The molecule has 2 aromatic heterocycles. The summed E-state index contributed by atoms with van der Waals surface area (Å²) in [5.41, 5.74) is 8.55. The van der Waals surface area contributed by atoms with E-state index in [1.165, 1.54) is 7.11 Å². The first-order valence-corrected chi connectivity index (χ1v) is 19.0. The van der Waals surface area contributed by atoms with Crippen molar-refractivity contribution >= 4 is 5.97 Å². The first kappa shape index (κ1) is 36.8. The molecule has 0 saturated heterocycles. The lowest BCUT2D eigenvalue weighted by Gasteiger charge is -2.34. The van der Waals surface area contributed by atoms with Crippen molar-refractivity contribution in [1.29, 1.82) is 0 Å². The van der Waals surface area contributed by atoms with Crippen LogP contribution in [0.3, 0.4) is 0 Å². The molecule has 280 valence electrons. The Balaban J connectivity index is 1.21. The van der Waals surface area contributed by atoms with Gasteiger partial charge in [-0.2, -0.15) is 0 Å². The van der Waals surface area contributed by atoms with Crippen LogP contribution in [0.25, 0.3) is 22.5 Å². The maximum absolute atomic E-state index is 13.3. The minimum Gasteiger partial charge on any atom is -0.488 e. The first-order valence-electron chi connectivity index (χ1n) is 19.0. The third-order valence-corrected chi connectivity index (χ3v) is 10.2. The normalized spacial score (nSPS) is 11.3. The highest BCUT2D eigenvalue weighted by atomic mass is 16.5. The van der Waals surface area contributed by atoms with E-state index < -0.39 is 11.5 Å². The average Bonchev–Trinajstić information content (AvgIpc) is 3.77. The van der Waals surface area contributed by atoms with Crippen molar-refractivity contribution in [1.82, 2.24) is 25.2 Å². The number of aryl methyl sites for hydroxylation is 3. The Morgan fingerprint density at radius 1 is 0.632 bits per heavy atom. The number of pyridine rings is 1. The van der Waals surface area contributed by atoms with Gasteiger partial charge in [0.2, 0.25) is 5.82 Å². The summed E-state index contributed by atoms with van der Waals surface area (Å²) in [6.07, 6.45) is 1.28. The van der Waals surface area contributed by atoms with E-state index >= 15 is 0 Å². The zero-order chi connectivity index (χ0) is 39.0. The predicted molar refractivity (Wildman–Crippen MR) is 222 cm³/mol. The SMILES string of the molecule is COC(=O)c1c(OCc2ccc(-c3ccccc3)c(-c3nnn(C(c4ccccc4)(c4ccccc4)c4ccccc4)n3)c2)cc(C)nc1CCc1ccccc1. The minimum absolute atomic E-state index is 0.170. The van der Waals surface area contributed by atoms with Crippen LogP contribution in [0.2, 0.25) is 0 Å². The van der Waals surface area contributed by atoms with Crippen LogP contribution >= 0.6 is 0 Å². The van der Waals surface area contributed by atoms with Gasteiger partial charge in [0, 0.05) is 17.3 Å². The average molecular weight is 748 g/mol. The van der Waals surface area contributed by atoms with Gasteiger partial charge in [0.15, 0.2) is 5.54 Å². The van der Waals surface area contributed by atoms with E-state index in [9.17, 15) is 4.79 Å². The number of rotatable bonds is 13. The van der Waals surface area contributed by atoms with Crippen LogP contribution in [-0.4, -0.2) is 38.3 Å². The summed E-state index contributed by atoms with van der Waals surface area (Å²) in [6, 6.07) is 59.1. The number of carbonyl (C=O) groups excluding carboxylic acids is 1. The third-order valence-electron chi connectivity index (χ3n) is 10.2. The largest absolute Gasteiger partial charge is 0.488 e. The lowest BCUT2D eigenvalue weighted by atomic mass is 9.77. The van der Waals surface area contributed by atoms with Gasteiger partial charge in [0.05, 0.1) is 12.8 Å².